The van der Waals surface area contributed by atoms with Crippen LogP contribution in [-0.4, -0.2) is 33.5 Å². The first-order chi connectivity index (χ1) is 17.3. The number of amides is 1. The molecule has 3 aromatic carbocycles. The minimum Gasteiger partial charge on any atom is -0.497 e. The Kier molecular flexibility index (Phi) is 6.21. The highest BCUT2D eigenvalue weighted by Crippen LogP contribution is 2.32. The molecule has 0 aliphatic carbocycles. The number of rotatable bonds is 7. The topological polar surface area (TPSA) is 102 Å². The van der Waals surface area contributed by atoms with Gasteiger partial charge in [0.25, 0.3) is 15.9 Å². The standard InChI is InChI=1S/C26H21N3O5S2/c1-29(19-6-4-3-5-7-19)36(31,32)21-11-8-17(9-12-21)25(30)28-26-27-22(16-35-26)24-15-18-14-20(33-2)10-13-23(18)34-24/h3-16H,1-2H3,(H,27,28,30). The van der Waals surface area contributed by atoms with Crippen LogP contribution >= 0.6 is 11.3 Å². The van der Waals surface area contributed by atoms with Crippen LogP contribution in [0.5, 0.6) is 5.75 Å². The second-order valence-corrected chi connectivity index (χ2v) is 10.7. The zero-order valence-electron chi connectivity index (χ0n) is 19.3. The van der Waals surface area contributed by atoms with Crippen molar-refractivity contribution in [1.82, 2.24) is 4.98 Å². The third kappa shape index (κ3) is 4.56. The van der Waals surface area contributed by atoms with Gasteiger partial charge in [0.1, 0.15) is 17.0 Å². The molecule has 1 N–H and O–H groups in total. The van der Waals surface area contributed by atoms with Gasteiger partial charge in [-0.05, 0) is 60.7 Å². The van der Waals surface area contributed by atoms with Crippen LogP contribution < -0.4 is 14.4 Å². The summed E-state index contributed by atoms with van der Waals surface area (Å²) in [6.07, 6.45) is 0. The number of ether oxygens (including phenoxy) is 1. The summed E-state index contributed by atoms with van der Waals surface area (Å²) >= 11 is 1.26. The van der Waals surface area contributed by atoms with Crippen LogP contribution in [0, 0.1) is 0 Å². The second kappa shape index (κ2) is 9.48. The Morgan fingerprint density at radius 1 is 1.03 bits per heavy atom. The summed E-state index contributed by atoms with van der Waals surface area (Å²) in [7, 11) is -0.669. The Morgan fingerprint density at radius 3 is 2.50 bits per heavy atom. The minimum atomic E-state index is -3.76. The average Bonchev–Trinajstić information content (AvgIpc) is 3.55. The van der Waals surface area contributed by atoms with Gasteiger partial charge in [-0.25, -0.2) is 13.4 Å². The van der Waals surface area contributed by atoms with Gasteiger partial charge >= 0.3 is 0 Å². The largest absolute Gasteiger partial charge is 0.497 e. The number of nitrogens with one attached hydrogen (secondary N) is 1. The Labute approximate surface area is 211 Å². The Bertz CT molecular complexity index is 1640. The van der Waals surface area contributed by atoms with E-state index in [-0.39, 0.29) is 4.90 Å². The van der Waals surface area contributed by atoms with E-state index in [4.69, 9.17) is 9.15 Å². The number of furan rings is 1. The molecule has 5 aromatic rings. The third-order valence-corrected chi connectivity index (χ3v) is 8.15. The first-order valence-electron chi connectivity index (χ1n) is 10.8. The van der Waals surface area contributed by atoms with Gasteiger partial charge < -0.3 is 9.15 Å². The fourth-order valence-corrected chi connectivity index (χ4v) is 5.49. The molecule has 8 nitrogen and oxygen atoms in total. The fraction of sp³-hybridized carbons (Fsp3) is 0.0769. The van der Waals surface area contributed by atoms with E-state index in [0.717, 1.165) is 11.1 Å². The minimum absolute atomic E-state index is 0.0865. The summed E-state index contributed by atoms with van der Waals surface area (Å²) < 4.78 is 38.2. The molecule has 0 aliphatic heterocycles. The van der Waals surface area contributed by atoms with Crippen molar-refractivity contribution in [1.29, 1.82) is 0 Å². The number of hydrogen-bond donors (Lipinski definition) is 1. The van der Waals surface area contributed by atoms with E-state index in [1.807, 2.05) is 30.3 Å². The maximum atomic E-state index is 12.9. The van der Waals surface area contributed by atoms with Crippen LogP contribution in [0.3, 0.4) is 0 Å². The summed E-state index contributed by atoms with van der Waals surface area (Å²) in [6.45, 7) is 0. The summed E-state index contributed by atoms with van der Waals surface area (Å²) in [6, 6.07) is 21.9. The van der Waals surface area contributed by atoms with Crippen LogP contribution in [0.4, 0.5) is 10.8 Å². The van der Waals surface area contributed by atoms with Gasteiger partial charge in [0, 0.05) is 23.4 Å². The lowest BCUT2D eigenvalue weighted by Gasteiger charge is -2.19. The van der Waals surface area contributed by atoms with Crippen LogP contribution in [0.2, 0.25) is 0 Å². The lowest BCUT2D eigenvalue weighted by atomic mass is 10.2. The first-order valence-corrected chi connectivity index (χ1v) is 13.2. The normalized spacial score (nSPS) is 11.4. The van der Waals surface area contributed by atoms with E-state index < -0.39 is 15.9 Å². The van der Waals surface area contributed by atoms with Crippen molar-refractivity contribution in [3.05, 3.63) is 89.8 Å². The number of thiazole rings is 1. The number of nitrogens with zero attached hydrogens (tertiary/aromatic N) is 2. The summed E-state index contributed by atoms with van der Waals surface area (Å²) in [5.74, 6) is 0.907. The number of para-hydroxylation sites is 1. The highest BCUT2D eigenvalue weighted by atomic mass is 32.2. The number of sulfonamides is 1. The summed E-state index contributed by atoms with van der Waals surface area (Å²) in [4.78, 5) is 17.3. The van der Waals surface area contributed by atoms with Crippen LogP contribution in [0.25, 0.3) is 22.4 Å². The molecular weight excluding hydrogens is 498 g/mol. The fourth-order valence-electron chi connectivity index (χ4n) is 3.60. The van der Waals surface area contributed by atoms with Crippen molar-refractivity contribution < 1.29 is 22.4 Å². The van der Waals surface area contributed by atoms with Crippen LogP contribution in [0.15, 0.2) is 93.6 Å². The van der Waals surface area contributed by atoms with Gasteiger partial charge in [0.05, 0.1) is 17.7 Å². The Morgan fingerprint density at radius 2 is 1.78 bits per heavy atom. The van der Waals surface area contributed by atoms with E-state index >= 15 is 0 Å². The van der Waals surface area contributed by atoms with Gasteiger partial charge in [-0.1, -0.05) is 18.2 Å². The molecule has 10 heteroatoms. The predicted octanol–water partition coefficient (Wildman–Crippen LogP) is 5.64. The lowest BCUT2D eigenvalue weighted by Crippen LogP contribution is -2.26. The SMILES string of the molecule is COc1ccc2oc(-c3csc(NC(=O)c4ccc(S(=O)(=O)N(C)c5ccccc5)cc4)n3)cc2c1. The number of carbonyl (C=O) groups excluding carboxylic acids is 1. The van der Waals surface area contributed by atoms with E-state index in [1.165, 1.54) is 47.0 Å². The van der Waals surface area contributed by atoms with E-state index in [1.54, 1.807) is 36.8 Å². The zero-order chi connectivity index (χ0) is 25.3. The molecule has 0 saturated carbocycles. The van der Waals surface area contributed by atoms with Crippen LogP contribution in [0.1, 0.15) is 10.4 Å². The number of hydrogen-bond acceptors (Lipinski definition) is 7. The van der Waals surface area contributed by atoms with Gasteiger partial charge in [0.2, 0.25) is 0 Å². The van der Waals surface area contributed by atoms with Gasteiger partial charge in [-0.15, -0.1) is 11.3 Å². The van der Waals surface area contributed by atoms with Crippen molar-refractivity contribution in [3.8, 4) is 17.2 Å². The molecule has 0 atom stereocenters. The molecule has 5 rings (SSSR count). The number of methoxy groups -OCH3 is 1. The number of benzene rings is 3. The van der Waals surface area contributed by atoms with E-state index in [0.29, 0.717) is 33.4 Å². The second-order valence-electron chi connectivity index (χ2n) is 7.84. The summed E-state index contributed by atoms with van der Waals surface area (Å²) in [5, 5.41) is 5.83. The maximum Gasteiger partial charge on any atom is 0.264 e. The molecule has 182 valence electrons. The molecular formula is C26H21N3O5S2. The molecule has 36 heavy (non-hydrogen) atoms. The maximum absolute atomic E-state index is 12.9. The molecule has 0 aliphatic rings. The molecule has 0 fully saturated rings. The van der Waals surface area contributed by atoms with Crippen molar-refractivity contribution in [2.75, 3.05) is 23.8 Å². The number of aromatic nitrogens is 1. The van der Waals surface area contributed by atoms with Crippen molar-refractivity contribution >= 4 is 49.1 Å². The molecule has 0 radical (unpaired) electrons. The summed E-state index contributed by atoms with van der Waals surface area (Å²) in [5.41, 5.74) is 2.15. The zero-order valence-corrected chi connectivity index (χ0v) is 21.0. The number of carbonyl (C=O) groups is 1. The highest BCUT2D eigenvalue weighted by molar-refractivity contribution is 7.92. The molecule has 0 bridgehead atoms. The number of anilines is 2. The first kappa shape index (κ1) is 23.6. The van der Waals surface area contributed by atoms with Gasteiger partial charge in [-0.2, -0.15) is 0 Å². The molecule has 2 heterocycles. The Hall–Kier alpha value is -4.15. The number of fused-ring (bicyclic) bond motifs is 1. The monoisotopic (exact) mass is 519 g/mol. The molecule has 0 unspecified atom stereocenters. The lowest BCUT2D eigenvalue weighted by molar-refractivity contribution is 0.102. The molecule has 2 aromatic heterocycles. The van der Waals surface area contributed by atoms with E-state index in [9.17, 15) is 13.2 Å². The van der Waals surface area contributed by atoms with Crippen molar-refractivity contribution in [3.63, 3.8) is 0 Å². The smallest absolute Gasteiger partial charge is 0.264 e. The molecule has 1 amide bonds. The van der Waals surface area contributed by atoms with Gasteiger partial charge in [-0.3, -0.25) is 14.4 Å². The highest BCUT2D eigenvalue weighted by Gasteiger charge is 2.22. The van der Waals surface area contributed by atoms with E-state index in [2.05, 4.69) is 10.3 Å². The molecule has 0 saturated heterocycles. The molecule has 0 spiro atoms. The average molecular weight is 520 g/mol. The van der Waals surface area contributed by atoms with Crippen molar-refractivity contribution in [2.45, 2.75) is 4.90 Å². The van der Waals surface area contributed by atoms with Crippen LogP contribution in [-0.2, 0) is 10.0 Å². The third-order valence-electron chi connectivity index (χ3n) is 5.60. The Balaban J connectivity index is 1.30. The van der Waals surface area contributed by atoms with Crippen molar-refractivity contribution in [2.24, 2.45) is 0 Å². The predicted molar refractivity (Wildman–Crippen MR) is 140 cm³/mol. The quantitative estimate of drug-likeness (QED) is 0.299. The van der Waals surface area contributed by atoms with Gasteiger partial charge in [0.15, 0.2) is 10.9 Å².